The second-order valence-electron chi connectivity index (χ2n) is 16.5. The number of benzene rings is 2. The van der Waals surface area contributed by atoms with Crippen molar-refractivity contribution in [1.29, 1.82) is 0 Å². The first-order chi connectivity index (χ1) is 27.1. The maximum Gasteiger partial charge on any atom is 0.262 e. The van der Waals surface area contributed by atoms with Crippen LogP contribution in [0.2, 0.25) is 0 Å². The smallest absolute Gasteiger partial charge is 0.262 e. The molecule has 2 aromatic carbocycles. The molecule has 10 rings (SSSR count). The Hall–Kier alpha value is -5.57. The lowest BCUT2D eigenvalue weighted by molar-refractivity contribution is -0.138. The van der Waals surface area contributed by atoms with Crippen molar-refractivity contribution in [3.63, 3.8) is 0 Å². The number of nitrogen functional groups attached to an aromatic ring is 1. The molecule has 3 saturated carbocycles. The number of phenols is 1. The lowest BCUT2D eigenvalue weighted by atomic mass is 9.70. The molecule has 15 heteroatoms. The Kier molecular flexibility index (Phi) is 9.14. The van der Waals surface area contributed by atoms with Gasteiger partial charge in [0.1, 0.15) is 17.5 Å². The molecule has 292 valence electrons. The fourth-order valence-corrected chi connectivity index (χ4v) is 9.93. The third kappa shape index (κ3) is 6.50. The molecule has 3 saturated heterocycles. The van der Waals surface area contributed by atoms with Crippen LogP contribution in [0.3, 0.4) is 0 Å². The number of carbonyl (C=O) groups excluding carboxylic acids is 5. The van der Waals surface area contributed by atoms with Crippen molar-refractivity contribution in [2.45, 2.75) is 51.0 Å². The largest absolute Gasteiger partial charge is 0.507 e. The number of phenolic OH excluding ortho intramolecular Hbond substituents is 1. The van der Waals surface area contributed by atoms with Gasteiger partial charge in [0.25, 0.3) is 11.8 Å². The molecule has 3 aromatic rings. The van der Waals surface area contributed by atoms with E-state index in [0.29, 0.717) is 41.0 Å². The van der Waals surface area contributed by atoms with Crippen LogP contribution < -0.4 is 20.7 Å². The monoisotopic (exact) mass is 762 g/mol. The minimum absolute atomic E-state index is 0.0288. The van der Waals surface area contributed by atoms with Gasteiger partial charge in [-0.1, -0.05) is 12.1 Å². The summed E-state index contributed by atoms with van der Waals surface area (Å²) in [5.74, 6) is -0.0369. The first-order valence-electron chi connectivity index (χ1n) is 19.7. The predicted octanol–water partition coefficient (Wildman–Crippen LogP) is 2.69. The van der Waals surface area contributed by atoms with E-state index in [9.17, 15) is 29.1 Å². The maximum atomic E-state index is 13.8. The zero-order valence-corrected chi connectivity index (χ0v) is 31.2. The molecule has 0 spiro atoms. The van der Waals surface area contributed by atoms with E-state index in [4.69, 9.17) is 10.5 Å². The zero-order valence-electron chi connectivity index (χ0n) is 31.2. The standard InChI is InChI=1S/C41H46N8O7/c42-36-34(18-31(44-45-36)28-3-1-2-4-33(28)50)56-23-41-19-25(20-41)30(21-41)38(53)48-11-9-24(10-12-48)22-46-13-15-47(16-14-46)26-5-6-27-29(17-26)40(55)49(39(27)54)32-7-8-35(51)43-37(32)52/h1-6,17-18,24-25,30,32,50H,7-16,19-23H2,(H2,42,45)(H,43,51,52). The van der Waals surface area contributed by atoms with Gasteiger partial charge in [-0.2, -0.15) is 0 Å². The first kappa shape index (κ1) is 36.1. The summed E-state index contributed by atoms with van der Waals surface area (Å²) < 4.78 is 6.22. The van der Waals surface area contributed by atoms with E-state index in [-0.39, 0.29) is 47.2 Å². The molecule has 2 atom stereocenters. The van der Waals surface area contributed by atoms with Crippen molar-refractivity contribution in [3.05, 3.63) is 59.7 Å². The Morgan fingerprint density at radius 1 is 0.875 bits per heavy atom. The number of nitrogens with zero attached hydrogens (tertiary/aromatic N) is 6. The molecule has 5 amide bonds. The van der Waals surface area contributed by atoms with Crippen LogP contribution in [0, 0.1) is 23.2 Å². The highest BCUT2D eigenvalue weighted by Gasteiger charge is 2.59. The number of rotatable bonds is 9. The molecule has 56 heavy (non-hydrogen) atoms. The predicted molar refractivity (Wildman–Crippen MR) is 203 cm³/mol. The number of anilines is 2. The fourth-order valence-electron chi connectivity index (χ4n) is 9.93. The van der Waals surface area contributed by atoms with E-state index in [1.165, 1.54) is 0 Å². The third-order valence-electron chi connectivity index (χ3n) is 13.0. The number of piperidine rings is 2. The summed E-state index contributed by atoms with van der Waals surface area (Å²) in [7, 11) is 0. The molecule has 4 N–H and O–H groups in total. The first-order valence-corrected chi connectivity index (χ1v) is 19.7. The number of amides is 5. The van der Waals surface area contributed by atoms with Gasteiger partial charge in [0.05, 0.1) is 17.7 Å². The fraction of sp³-hybridized carbons (Fsp3) is 0.488. The second kappa shape index (κ2) is 14.2. The molecule has 2 bridgehead atoms. The van der Waals surface area contributed by atoms with Gasteiger partial charge in [-0.05, 0) is 80.7 Å². The number of imide groups is 2. The Morgan fingerprint density at radius 2 is 1.62 bits per heavy atom. The maximum absolute atomic E-state index is 13.8. The van der Waals surface area contributed by atoms with Crippen molar-refractivity contribution < 1.29 is 33.8 Å². The molecule has 5 heterocycles. The van der Waals surface area contributed by atoms with E-state index < -0.39 is 29.7 Å². The minimum atomic E-state index is -0.978. The Morgan fingerprint density at radius 3 is 2.38 bits per heavy atom. The number of aromatic nitrogens is 2. The highest BCUT2D eigenvalue weighted by Crippen LogP contribution is 2.62. The minimum Gasteiger partial charge on any atom is -0.507 e. The molecule has 0 radical (unpaired) electrons. The second-order valence-corrected chi connectivity index (χ2v) is 16.5. The summed E-state index contributed by atoms with van der Waals surface area (Å²) in [5.41, 5.74) is 8.56. The third-order valence-corrected chi connectivity index (χ3v) is 13.0. The molecule has 2 unspecified atom stereocenters. The van der Waals surface area contributed by atoms with E-state index in [1.807, 2.05) is 12.1 Å². The number of hydrogen-bond acceptors (Lipinski definition) is 12. The van der Waals surface area contributed by atoms with Crippen molar-refractivity contribution in [1.82, 2.24) is 30.2 Å². The van der Waals surface area contributed by atoms with Gasteiger partial charge in [-0.3, -0.25) is 39.1 Å². The number of carbonyl (C=O) groups is 5. The lowest BCUT2D eigenvalue weighted by Gasteiger charge is -2.40. The van der Waals surface area contributed by atoms with Crippen LogP contribution in [-0.2, 0) is 14.4 Å². The molecule has 3 aliphatic carbocycles. The molecule has 4 aliphatic heterocycles. The highest BCUT2D eigenvalue weighted by molar-refractivity contribution is 6.23. The molecule has 1 aromatic heterocycles. The molecule has 6 fully saturated rings. The number of hydrogen-bond donors (Lipinski definition) is 3. The van der Waals surface area contributed by atoms with Crippen molar-refractivity contribution >= 4 is 41.0 Å². The van der Waals surface area contributed by atoms with E-state index in [2.05, 4.69) is 30.2 Å². The molecular formula is C41H46N8O7. The molecule has 7 aliphatic rings. The highest BCUT2D eigenvalue weighted by atomic mass is 16.5. The number of ether oxygens (including phenoxy) is 1. The zero-order chi connectivity index (χ0) is 38.7. The summed E-state index contributed by atoms with van der Waals surface area (Å²) in [6.45, 7) is 6.32. The summed E-state index contributed by atoms with van der Waals surface area (Å²) >= 11 is 0. The Labute approximate surface area is 324 Å². The van der Waals surface area contributed by atoms with Crippen molar-refractivity contribution in [3.8, 4) is 22.8 Å². The quantitative estimate of drug-likeness (QED) is 0.271. The van der Waals surface area contributed by atoms with Crippen molar-refractivity contribution in [2.24, 2.45) is 23.2 Å². The van der Waals surface area contributed by atoms with Crippen LogP contribution >= 0.6 is 0 Å². The van der Waals surface area contributed by atoms with Crippen LogP contribution in [0.1, 0.15) is 65.7 Å². The van der Waals surface area contributed by atoms with Gasteiger partial charge in [-0.15, -0.1) is 10.2 Å². The number of nitrogens with one attached hydrogen (secondary N) is 1. The Balaban J connectivity index is 0.729. The molecular weight excluding hydrogens is 716 g/mol. The van der Waals surface area contributed by atoms with E-state index >= 15 is 0 Å². The number of aromatic hydroxyl groups is 1. The van der Waals surface area contributed by atoms with Gasteiger partial charge in [-0.25, -0.2) is 0 Å². The van der Waals surface area contributed by atoms with Crippen LogP contribution in [0.25, 0.3) is 11.3 Å². The van der Waals surface area contributed by atoms with Crippen LogP contribution in [-0.4, -0.2) is 118 Å². The number of fused-ring (bicyclic) bond motifs is 2. The average Bonchev–Trinajstić information content (AvgIpc) is 3.83. The topological polar surface area (TPSA) is 192 Å². The summed E-state index contributed by atoms with van der Waals surface area (Å²) in [6, 6.07) is 13.0. The normalized spacial score (nSPS) is 26.6. The Bertz CT molecular complexity index is 2100. The van der Waals surface area contributed by atoms with Gasteiger partial charge in [0.15, 0.2) is 11.6 Å². The molecule has 15 nitrogen and oxygen atoms in total. The SMILES string of the molecule is Nc1nnc(-c2ccccc2O)cc1OCC12CC(C1)C(C(=O)N1CCC(CN3CCN(c4ccc5c(c4)C(=O)N(C4CCC(=O)NC4=O)C5=O)CC3)CC1)C2. The summed E-state index contributed by atoms with van der Waals surface area (Å²) in [5, 5.41) is 20.7. The van der Waals surface area contributed by atoms with Gasteiger partial charge in [0.2, 0.25) is 17.7 Å². The van der Waals surface area contributed by atoms with Gasteiger partial charge in [0, 0.05) is 80.9 Å². The van der Waals surface area contributed by atoms with Gasteiger partial charge >= 0.3 is 0 Å². The van der Waals surface area contributed by atoms with Crippen LogP contribution in [0.15, 0.2) is 48.5 Å². The van der Waals surface area contributed by atoms with Crippen molar-refractivity contribution in [2.75, 3.05) is 63.1 Å². The van der Waals surface area contributed by atoms with E-state index in [1.54, 1.807) is 36.4 Å². The average molecular weight is 763 g/mol. The number of nitrogens with two attached hydrogens (primary N) is 1. The number of likely N-dealkylation sites (tertiary alicyclic amines) is 1. The van der Waals surface area contributed by atoms with E-state index in [0.717, 1.165) is 88.5 Å². The number of para-hydroxylation sites is 1. The lowest BCUT2D eigenvalue weighted by Crippen LogP contribution is -2.54. The van der Waals surface area contributed by atoms with Crippen LogP contribution in [0.4, 0.5) is 11.5 Å². The van der Waals surface area contributed by atoms with Gasteiger partial charge < -0.3 is 25.4 Å². The summed E-state index contributed by atoms with van der Waals surface area (Å²) in [4.78, 5) is 72.1. The number of piperazine rings is 1. The van der Waals surface area contributed by atoms with Crippen LogP contribution in [0.5, 0.6) is 11.5 Å². The summed E-state index contributed by atoms with van der Waals surface area (Å²) in [6.07, 6.45) is 4.94.